The predicted molar refractivity (Wildman–Crippen MR) is 120 cm³/mol. The zero-order valence-electron chi connectivity index (χ0n) is 15.8. The van der Waals surface area contributed by atoms with Crippen LogP contribution in [0.4, 0.5) is 5.69 Å². The van der Waals surface area contributed by atoms with Gasteiger partial charge in [0.05, 0.1) is 11.0 Å². The fourth-order valence-corrected chi connectivity index (χ4v) is 4.40. The molecule has 1 N–H and O–H groups in total. The number of nitrogens with zero attached hydrogens (tertiary/aromatic N) is 1. The Kier molecular flexibility index (Phi) is 4.73. The highest BCUT2D eigenvalue weighted by molar-refractivity contribution is 9.10. The molecule has 0 bridgehead atoms. The van der Waals surface area contributed by atoms with Gasteiger partial charge in [0, 0.05) is 27.7 Å². The Morgan fingerprint density at radius 1 is 0.900 bits per heavy atom. The van der Waals surface area contributed by atoms with Crippen molar-refractivity contribution >= 4 is 32.4 Å². The lowest BCUT2D eigenvalue weighted by Crippen LogP contribution is -2.35. The standard InChI is InChI=1S/C24H17BrN2O3/c25-18-8-3-7-17(13-18)24-26-23(16-6-4-9-19(14-16)27(28)29)22-20-10-2-1-5-15(20)11-12-21(22)30-24/h1-14,23-24,26H/t23-,24+/m1/s1. The molecule has 0 aliphatic carbocycles. The van der Waals surface area contributed by atoms with Crippen LogP contribution in [0, 0.1) is 10.1 Å². The van der Waals surface area contributed by atoms with E-state index in [0.29, 0.717) is 0 Å². The van der Waals surface area contributed by atoms with Crippen LogP contribution in [0.25, 0.3) is 10.8 Å². The minimum absolute atomic E-state index is 0.0709. The predicted octanol–water partition coefficient (Wildman–Crippen LogP) is 6.28. The molecule has 0 spiro atoms. The normalized spacial score (nSPS) is 17.9. The van der Waals surface area contributed by atoms with Gasteiger partial charge in [-0.1, -0.05) is 70.5 Å². The molecule has 5 rings (SSSR count). The summed E-state index contributed by atoms with van der Waals surface area (Å²) in [6, 6.07) is 26.6. The molecule has 0 amide bonds. The molecule has 5 nitrogen and oxygen atoms in total. The van der Waals surface area contributed by atoms with Gasteiger partial charge in [0.25, 0.3) is 5.69 Å². The molecule has 0 saturated carbocycles. The van der Waals surface area contributed by atoms with E-state index in [1.165, 1.54) is 6.07 Å². The third-order valence-corrected chi connectivity index (χ3v) is 5.84. The van der Waals surface area contributed by atoms with Crippen LogP contribution in [0.15, 0.2) is 89.4 Å². The highest BCUT2D eigenvalue weighted by atomic mass is 79.9. The lowest BCUT2D eigenvalue weighted by molar-refractivity contribution is -0.384. The average Bonchev–Trinajstić information content (AvgIpc) is 2.78. The minimum atomic E-state index is -0.388. The highest BCUT2D eigenvalue weighted by Gasteiger charge is 2.32. The number of benzene rings is 4. The maximum Gasteiger partial charge on any atom is 0.269 e. The summed E-state index contributed by atoms with van der Waals surface area (Å²) in [6.45, 7) is 0. The Balaban J connectivity index is 1.70. The highest BCUT2D eigenvalue weighted by Crippen LogP contribution is 2.43. The molecule has 1 aliphatic heterocycles. The molecule has 1 aliphatic rings. The second kappa shape index (κ2) is 7.55. The molecule has 1 heterocycles. The maximum absolute atomic E-state index is 11.4. The first-order valence-electron chi connectivity index (χ1n) is 9.54. The molecule has 2 atom stereocenters. The minimum Gasteiger partial charge on any atom is -0.471 e. The summed E-state index contributed by atoms with van der Waals surface area (Å²) >= 11 is 3.52. The van der Waals surface area contributed by atoms with Gasteiger partial charge in [0.1, 0.15) is 5.75 Å². The SMILES string of the molecule is O=[N+]([O-])c1cccc([C@H]2N[C@H](c3cccc(Br)c3)Oc3ccc4ccccc4c32)c1. The van der Waals surface area contributed by atoms with Crippen molar-refractivity contribution in [2.24, 2.45) is 0 Å². The number of rotatable bonds is 3. The number of halogens is 1. The zero-order chi connectivity index (χ0) is 20.7. The lowest BCUT2D eigenvalue weighted by Gasteiger charge is -2.35. The van der Waals surface area contributed by atoms with Crippen LogP contribution in [-0.2, 0) is 0 Å². The van der Waals surface area contributed by atoms with E-state index in [1.54, 1.807) is 12.1 Å². The van der Waals surface area contributed by atoms with E-state index >= 15 is 0 Å². The fraction of sp³-hybridized carbons (Fsp3) is 0.0833. The molecular formula is C24H17BrN2O3. The van der Waals surface area contributed by atoms with Crippen LogP contribution in [0.1, 0.15) is 29.0 Å². The molecule has 148 valence electrons. The molecule has 0 saturated heterocycles. The van der Waals surface area contributed by atoms with Gasteiger partial charge in [-0.3, -0.25) is 15.4 Å². The number of hydrogen-bond acceptors (Lipinski definition) is 4. The Hall–Kier alpha value is -3.22. The Morgan fingerprint density at radius 3 is 2.53 bits per heavy atom. The van der Waals surface area contributed by atoms with Gasteiger partial charge >= 0.3 is 0 Å². The lowest BCUT2D eigenvalue weighted by atomic mass is 9.91. The third kappa shape index (κ3) is 3.34. The molecule has 0 fully saturated rings. The number of fused-ring (bicyclic) bond motifs is 3. The van der Waals surface area contributed by atoms with Crippen LogP contribution in [0.5, 0.6) is 5.75 Å². The molecule has 0 aromatic heterocycles. The topological polar surface area (TPSA) is 64.4 Å². The van der Waals surface area contributed by atoms with Crippen molar-refractivity contribution in [3.8, 4) is 5.75 Å². The van der Waals surface area contributed by atoms with Gasteiger partial charge in [-0.05, 0) is 34.5 Å². The summed E-state index contributed by atoms with van der Waals surface area (Å²) in [6.07, 6.45) is -0.388. The molecule has 0 radical (unpaired) electrons. The number of nitro groups is 1. The van der Waals surface area contributed by atoms with Crippen molar-refractivity contribution in [2.75, 3.05) is 0 Å². The fourth-order valence-electron chi connectivity index (χ4n) is 3.99. The van der Waals surface area contributed by atoms with Crippen molar-refractivity contribution in [3.63, 3.8) is 0 Å². The number of hydrogen-bond donors (Lipinski definition) is 1. The summed E-state index contributed by atoms with van der Waals surface area (Å²) < 4.78 is 7.30. The maximum atomic E-state index is 11.4. The number of non-ortho nitro benzene ring substituents is 1. The van der Waals surface area contributed by atoms with Crippen molar-refractivity contribution in [3.05, 3.63) is 116 Å². The molecule has 30 heavy (non-hydrogen) atoms. The monoisotopic (exact) mass is 460 g/mol. The molecule has 6 heteroatoms. The van der Waals surface area contributed by atoms with E-state index in [0.717, 1.165) is 37.7 Å². The second-order valence-electron chi connectivity index (χ2n) is 7.20. The Morgan fingerprint density at radius 2 is 1.70 bits per heavy atom. The van der Waals surface area contributed by atoms with Gasteiger partial charge in [-0.25, -0.2) is 0 Å². The molecular weight excluding hydrogens is 444 g/mol. The van der Waals surface area contributed by atoms with Gasteiger partial charge in [0.15, 0.2) is 6.23 Å². The molecule has 4 aromatic carbocycles. The number of nitrogens with one attached hydrogen (secondary N) is 1. The van der Waals surface area contributed by atoms with E-state index < -0.39 is 0 Å². The van der Waals surface area contributed by atoms with Crippen LogP contribution < -0.4 is 10.1 Å². The average molecular weight is 461 g/mol. The molecule has 0 unspecified atom stereocenters. The Labute approximate surface area is 181 Å². The summed E-state index contributed by atoms with van der Waals surface area (Å²) in [5.74, 6) is 0.772. The van der Waals surface area contributed by atoms with Crippen molar-refractivity contribution in [1.29, 1.82) is 0 Å². The largest absolute Gasteiger partial charge is 0.471 e. The number of nitro benzene ring substituents is 1. The second-order valence-corrected chi connectivity index (χ2v) is 8.12. The van der Waals surface area contributed by atoms with Gasteiger partial charge in [-0.2, -0.15) is 0 Å². The Bertz CT molecular complexity index is 1270. The van der Waals surface area contributed by atoms with Gasteiger partial charge in [0.2, 0.25) is 0 Å². The molecule has 4 aromatic rings. The van der Waals surface area contributed by atoms with E-state index in [9.17, 15) is 10.1 Å². The van der Waals surface area contributed by atoms with Crippen LogP contribution >= 0.6 is 15.9 Å². The summed E-state index contributed by atoms with van der Waals surface area (Å²) in [4.78, 5) is 11.0. The van der Waals surface area contributed by atoms with Crippen LogP contribution in [0.2, 0.25) is 0 Å². The van der Waals surface area contributed by atoms with E-state index in [1.807, 2.05) is 54.6 Å². The van der Waals surface area contributed by atoms with Gasteiger partial charge in [-0.15, -0.1) is 0 Å². The van der Waals surface area contributed by atoms with Crippen molar-refractivity contribution < 1.29 is 9.66 Å². The quantitative estimate of drug-likeness (QED) is 0.288. The first-order valence-corrected chi connectivity index (χ1v) is 10.3. The van der Waals surface area contributed by atoms with Crippen LogP contribution in [0.3, 0.4) is 0 Å². The third-order valence-electron chi connectivity index (χ3n) is 5.35. The summed E-state index contributed by atoms with van der Waals surface area (Å²) in [5.41, 5.74) is 2.85. The zero-order valence-corrected chi connectivity index (χ0v) is 17.4. The van der Waals surface area contributed by atoms with Gasteiger partial charge < -0.3 is 4.74 Å². The van der Waals surface area contributed by atoms with E-state index in [2.05, 4.69) is 33.4 Å². The summed E-state index contributed by atoms with van der Waals surface area (Å²) in [5, 5.41) is 17.1. The smallest absolute Gasteiger partial charge is 0.269 e. The first kappa shape index (κ1) is 18.8. The van der Waals surface area contributed by atoms with Crippen LogP contribution in [-0.4, -0.2) is 4.92 Å². The first-order chi connectivity index (χ1) is 14.6. The van der Waals surface area contributed by atoms with Crippen molar-refractivity contribution in [1.82, 2.24) is 5.32 Å². The summed E-state index contributed by atoms with van der Waals surface area (Å²) in [7, 11) is 0. The van der Waals surface area contributed by atoms with E-state index in [4.69, 9.17) is 4.74 Å². The van der Waals surface area contributed by atoms with E-state index in [-0.39, 0.29) is 22.9 Å². The number of ether oxygens (including phenoxy) is 1. The van der Waals surface area contributed by atoms with Crippen molar-refractivity contribution in [2.45, 2.75) is 12.3 Å².